The number of hydrogen-bond acceptors (Lipinski definition) is 9. The predicted molar refractivity (Wildman–Crippen MR) is 126 cm³/mol. The third-order valence-corrected chi connectivity index (χ3v) is 5.35. The van der Waals surface area contributed by atoms with E-state index in [1.54, 1.807) is 37.1 Å². The van der Waals surface area contributed by atoms with Crippen molar-refractivity contribution in [3.05, 3.63) is 59.0 Å². The molecule has 3 heterocycles. The molecule has 0 aliphatic carbocycles. The van der Waals surface area contributed by atoms with Gasteiger partial charge in [0, 0.05) is 18.7 Å². The summed E-state index contributed by atoms with van der Waals surface area (Å²) in [4.78, 5) is 29.1. The highest BCUT2D eigenvalue weighted by Crippen LogP contribution is 2.32. The minimum Gasteiger partial charge on any atom is -0.343 e. The van der Waals surface area contributed by atoms with E-state index in [0.29, 0.717) is 17.1 Å². The van der Waals surface area contributed by atoms with E-state index in [1.807, 2.05) is 20.8 Å². The molecule has 4 rings (SSSR count). The van der Waals surface area contributed by atoms with Gasteiger partial charge >= 0.3 is 0 Å². The summed E-state index contributed by atoms with van der Waals surface area (Å²) in [7, 11) is 1.78. The number of rotatable bonds is 6. The Balaban J connectivity index is 1.53. The van der Waals surface area contributed by atoms with E-state index < -0.39 is 23.2 Å². The van der Waals surface area contributed by atoms with Crippen molar-refractivity contribution in [2.24, 2.45) is 7.05 Å². The summed E-state index contributed by atoms with van der Waals surface area (Å²) in [5, 5.41) is 13.3. The zero-order valence-corrected chi connectivity index (χ0v) is 20.4. The van der Waals surface area contributed by atoms with Crippen LogP contribution in [-0.2, 0) is 12.5 Å². The molecule has 4 aromatic rings. The van der Waals surface area contributed by atoms with Gasteiger partial charge in [0.05, 0.1) is 28.5 Å². The molecule has 0 spiro atoms. The number of carbonyl (C=O) groups excluding carboxylic acids is 1. The molecule has 2 N–H and O–H groups in total. The molecular weight excluding hydrogens is 477 g/mol. The molecule has 0 saturated carbocycles. The molecule has 0 aliphatic rings. The number of hydrogen-bond donors (Lipinski definition) is 2. The minimum absolute atomic E-state index is 0.0851. The Bertz CT molecular complexity index is 1380. The van der Waals surface area contributed by atoms with Gasteiger partial charge < -0.3 is 15.2 Å². The third kappa shape index (κ3) is 5.27. The zero-order valence-electron chi connectivity index (χ0n) is 19.7. The van der Waals surface area contributed by atoms with Gasteiger partial charge in [0.15, 0.2) is 11.6 Å². The third-order valence-electron chi connectivity index (χ3n) is 4.97. The maximum Gasteiger partial charge on any atom is 0.293 e. The van der Waals surface area contributed by atoms with Gasteiger partial charge in [-0.15, -0.1) is 0 Å². The predicted octanol–water partition coefficient (Wildman–Crippen LogP) is 3.98. The molecule has 0 radical (unpaired) electrons. The summed E-state index contributed by atoms with van der Waals surface area (Å²) in [6, 6.07) is 2.45. The number of carbonyl (C=O) groups is 1. The molecule has 13 heteroatoms. The fraction of sp³-hybridized carbons (Fsp3) is 0.318. The molecule has 11 nitrogen and oxygen atoms in total. The second kappa shape index (κ2) is 9.37. The quantitative estimate of drug-likeness (QED) is 0.403. The van der Waals surface area contributed by atoms with E-state index in [0.717, 1.165) is 0 Å². The Kier molecular flexibility index (Phi) is 6.48. The molecule has 0 bridgehead atoms. The van der Waals surface area contributed by atoms with Gasteiger partial charge in [0.1, 0.15) is 6.33 Å². The Morgan fingerprint density at radius 1 is 1.23 bits per heavy atom. The van der Waals surface area contributed by atoms with Crippen LogP contribution in [0.15, 0.2) is 35.4 Å². The lowest BCUT2D eigenvalue weighted by atomic mass is 9.97. The molecule has 182 valence electrons. The number of amides is 1. The summed E-state index contributed by atoms with van der Waals surface area (Å²) in [6.07, 6.45) is 4.61. The Morgan fingerprint density at radius 3 is 2.66 bits per heavy atom. The number of anilines is 2. The molecule has 1 atom stereocenters. The number of aryl methyl sites for hydroxylation is 1. The summed E-state index contributed by atoms with van der Waals surface area (Å²) in [5.74, 6) is -0.764. The van der Waals surface area contributed by atoms with E-state index in [9.17, 15) is 4.79 Å². The van der Waals surface area contributed by atoms with Crippen molar-refractivity contribution in [3.8, 4) is 11.4 Å². The van der Waals surface area contributed by atoms with Crippen LogP contribution >= 0.6 is 11.6 Å². The summed E-state index contributed by atoms with van der Waals surface area (Å²) in [6.45, 7) is 7.33. The van der Waals surface area contributed by atoms with E-state index in [2.05, 4.69) is 40.8 Å². The topological polar surface area (TPSA) is 137 Å². The summed E-state index contributed by atoms with van der Waals surface area (Å²) in [5.41, 5.74) is 0.715. The van der Waals surface area contributed by atoms with E-state index in [1.165, 1.54) is 12.4 Å². The summed E-state index contributed by atoms with van der Waals surface area (Å²) >= 11 is 6.33. The second-order valence-electron chi connectivity index (χ2n) is 8.86. The highest BCUT2D eigenvalue weighted by atomic mass is 35.5. The Labute approximate surface area is 205 Å². The largest absolute Gasteiger partial charge is 0.343 e. The van der Waals surface area contributed by atoms with Crippen molar-refractivity contribution < 1.29 is 13.7 Å². The first-order valence-electron chi connectivity index (χ1n) is 10.6. The highest BCUT2D eigenvalue weighted by Gasteiger charge is 2.26. The van der Waals surface area contributed by atoms with E-state index in [-0.39, 0.29) is 28.2 Å². The minimum atomic E-state index is -0.724. The molecule has 1 aromatic carbocycles. The van der Waals surface area contributed by atoms with E-state index >= 15 is 4.39 Å². The van der Waals surface area contributed by atoms with Crippen LogP contribution < -0.4 is 10.6 Å². The van der Waals surface area contributed by atoms with Crippen molar-refractivity contribution in [2.75, 3.05) is 5.32 Å². The van der Waals surface area contributed by atoms with Crippen molar-refractivity contribution in [3.63, 3.8) is 0 Å². The lowest BCUT2D eigenvalue weighted by Gasteiger charge is -2.16. The van der Waals surface area contributed by atoms with Crippen LogP contribution in [0.2, 0.25) is 5.02 Å². The maximum absolute atomic E-state index is 15.2. The number of halogens is 2. The first-order chi connectivity index (χ1) is 16.5. The number of benzene rings is 1. The van der Waals surface area contributed by atoms with Crippen LogP contribution in [0.4, 0.5) is 16.0 Å². The molecule has 0 unspecified atom stereocenters. The lowest BCUT2D eigenvalue weighted by molar-refractivity contribution is 0.0926. The summed E-state index contributed by atoms with van der Waals surface area (Å²) < 4.78 is 22.0. The van der Waals surface area contributed by atoms with Gasteiger partial charge in [-0.1, -0.05) is 43.6 Å². The fourth-order valence-corrected chi connectivity index (χ4v) is 3.46. The molecule has 0 aliphatic heterocycles. The van der Waals surface area contributed by atoms with Crippen molar-refractivity contribution >= 4 is 29.1 Å². The number of aromatic nitrogens is 7. The van der Waals surface area contributed by atoms with Crippen molar-refractivity contribution in [1.29, 1.82) is 0 Å². The second-order valence-corrected chi connectivity index (χ2v) is 9.24. The van der Waals surface area contributed by atoms with Crippen LogP contribution in [0.5, 0.6) is 0 Å². The fourth-order valence-electron chi connectivity index (χ4n) is 3.13. The smallest absolute Gasteiger partial charge is 0.293 e. The van der Waals surface area contributed by atoms with Crippen LogP contribution in [0, 0.1) is 5.82 Å². The van der Waals surface area contributed by atoms with Gasteiger partial charge in [0.2, 0.25) is 11.8 Å². The molecule has 1 amide bonds. The molecule has 0 fully saturated rings. The monoisotopic (exact) mass is 499 g/mol. The Morgan fingerprint density at radius 2 is 2.00 bits per heavy atom. The number of nitrogens with one attached hydrogen (secondary N) is 2. The van der Waals surface area contributed by atoms with Crippen molar-refractivity contribution in [1.82, 2.24) is 40.2 Å². The SMILES string of the molecule is C[C@H](NC(=O)c1noc(C(C)(C)C)n1)c1ccc(-c2ncnc(Nc3cnn(C)c3)n2)c(F)c1Cl. The van der Waals surface area contributed by atoms with Crippen LogP contribution in [0.3, 0.4) is 0 Å². The van der Waals surface area contributed by atoms with Gasteiger partial charge in [-0.25, -0.2) is 14.4 Å². The first-order valence-corrected chi connectivity index (χ1v) is 11.0. The number of nitrogens with zero attached hydrogens (tertiary/aromatic N) is 7. The van der Waals surface area contributed by atoms with Gasteiger partial charge in [-0.3, -0.25) is 9.48 Å². The van der Waals surface area contributed by atoms with E-state index in [4.69, 9.17) is 16.1 Å². The van der Waals surface area contributed by atoms with Gasteiger partial charge in [-0.2, -0.15) is 15.1 Å². The molecule has 0 saturated heterocycles. The van der Waals surface area contributed by atoms with Crippen LogP contribution in [-0.4, -0.2) is 40.8 Å². The van der Waals surface area contributed by atoms with Crippen LogP contribution in [0.25, 0.3) is 11.4 Å². The highest BCUT2D eigenvalue weighted by molar-refractivity contribution is 6.32. The average Bonchev–Trinajstić information content (AvgIpc) is 3.45. The van der Waals surface area contributed by atoms with Gasteiger partial charge in [0.25, 0.3) is 11.7 Å². The Hall–Kier alpha value is -3.93. The lowest BCUT2D eigenvalue weighted by Crippen LogP contribution is -2.28. The molecule has 3 aromatic heterocycles. The molecule has 35 heavy (non-hydrogen) atoms. The normalized spacial score (nSPS) is 12.4. The zero-order chi connectivity index (χ0) is 25.3. The first kappa shape index (κ1) is 24.2. The standard InChI is InChI=1S/C22H23ClFN9O2/c1-11(28-19(34)18-30-20(35-32-18)22(2,3)4)13-6-7-14(16(24)15(13)23)17-25-10-26-21(31-17)29-12-8-27-33(5)9-12/h6-11H,1-5H3,(H,28,34)(H,25,26,29,31)/t11-/m0/s1. The maximum atomic E-state index is 15.2. The van der Waals surface area contributed by atoms with Crippen LogP contribution in [0.1, 0.15) is 55.8 Å². The average molecular weight is 500 g/mol. The van der Waals surface area contributed by atoms with Gasteiger partial charge in [-0.05, 0) is 18.6 Å². The molecular formula is C22H23ClFN9O2. The van der Waals surface area contributed by atoms with Crippen molar-refractivity contribution in [2.45, 2.75) is 39.2 Å².